The zero-order valence-corrected chi connectivity index (χ0v) is 13.8. The number of hydrogen-bond donors (Lipinski definition) is 1. The number of aliphatic hydroxyl groups excluding tert-OH is 1. The number of ketones is 1. The Kier molecular flexibility index (Phi) is 6.38. The van der Waals surface area contributed by atoms with E-state index in [1.807, 2.05) is 13.8 Å². The zero-order valence-electron chi connectivity index (χ0n) is 13.8. The summed E-state index contributed by atoms with van der Waals surface area (Å²) in [7, 11) is 0. The van der Waals surface area contributed by atoms with Gasteiger partial charge in [0.25, 0.3) is 0 Å². The molecule has 2 aliphatic rings. The molecule has 0 bridgehead atoms. The van der Waals surface area contributed by atoms with Crippen LogP contribution in [0.4, 0.5) is 0 Å². The first-order valence-electron chi connectivity index (χ1n) is 8.59. The van der Waals surface area contributed by atoms with Gasteiger partial charge in [-0.1, -0.05) is 13.8 Å². The number of Topliss-reactive ketones (excluding diaryl/α,β-unsaturated/α-hetero) is 1. The van der Waals surface area contributed by atoms with Crippen LogP contribution in [0, 0.1) is 11.8 Å². The van der Waals surface area contributed by atoms with Crippen LogP contribution in [-0.4, -0.2) is 53.6 Å². The van der Waals surface area contributed by atoms with Crippen LogP contribution >= 0.6 is 0 Å². The van der Waals surface area contributed by atoms with Crippen LogP contribution < -0.4 is 0 Å². The largest absolute Gasteiger partial charge is 0.387 e. The Hall–Kier alpha value is -0.940. The van der Waals surface area contributed by atoms with E-state index in [9.17, 15) is 9.59 Å². The number of hydrogen-bond acceptors (Lipinski definition) is 4. The monoisotopic (exact) mass is 311 g/mol. The van der Waals surface area contributed by atoms with E-state index in [-0.39, 0.29) is 30.0 Å². The van der Waals surface area contributed by atoms with Gasteiger partial charge < -0.3 is 14.7 Å². The first-order chi connectivity index (χ1) is 10.5. The third-order valence-electron chi connectivity index (χ3n) is 4.96. The number of piperidine rings is 1. The highest BCUT2D eigenvalue weighted by Gasteiger charge is 2.30. The summed E-state index contributed by atoms with van der Waals surface area (Å²) in [6.07, 6.45) is 6.00. The van der Waals surface area contributed by atoms with Gasteiger partial charge in [0.05, 0.1) is 12.2 Å². The molecule has 1 saturated heterocycles. The number of nitrogens with zero attached hydrogens (tertiary/aromatic N) is 1. The summed E-state index contributed by atoms with van der Waals surface area (Å²) in [4.78, 5) is 25.2. The van der Waals surface area contributed by atoms with Gasteiger partial charge in [-0.05, 0) is 38.5 Å². The highest BCUT2D eigenvalue weighted by atomic mass is 16.5. The third-order valence-corrected chi connectivity index (χ3v) is 4.96. The number of likely N-dealkylation sites (tertiary alicyclic amines) is 1. The van der Waals surface area contributed by atoms with Crippen LogP contribution in [0.2, 0.25) is 0 Å². The third kappa shape index (κ3) is 4.53. The van der Waals surface area contributed by atoms with Gasteiger partial charge >= 0.3 is 0 Å². The number of carbonyl (C=O) groups is 2. The van der Waals surface area contributed by atoms with Crippen LogP contribution in [-0.2, 0) is 14.3 Å². The molecule has 1 amide bonds. The summed E-state index contributed by atoms with van der Waals surface area (Å²) in [5, 5.41) is 8.87. The van der Waals surface area contributed by atoms with E-state index < -0.39 is 6.61 Å². The molecule has 126 valence electrons. The molecule has 0 unspecified atom stereocenters. The molecule has 0 atom stereocenters. The van der Waals surface area contributed by atoms with E-state index >= 15 is 0 Å². The van der Waals surface area contributed by atoms with Crippen molar-refractivity contribution in [1.29, 1.82) is 0 Å². The summed E-state index contributed by atoms with van der Waals surface area (Å²) in [5.41, 5.74) is 0. The van der Waals surface area contributed by atoms with E-state index in [4.69, 9.17) is 9.84 Å². The van der Waals surface area contributed by atoms with Gasteiger partial charge in [0.2, 0.25) is 5.91 Å². The predicted octanol–water partition coefficient (Wildman–Crippen LogP) is 1.77. The molecule has 0 spiro atoms. The second-order valence-electron chi connectivity index (χ2n) is 6.91. The van der Waals surface area contributed by atoms with Crippen molar-refractivity contribution in [3.63, 3.8) is 0 Å². The first kappa shape index (κ1) is 17.4. The van der Waals surface area contributed by atoms with Crippen LogP contribution in [0.5, 0.6) is 0 Å². The van der Waals surface area contributed by atoms with Crippen molar-refractivity contribution >= 4 is 11.7 Å². The van der Waals surface area contributed by atoms with Crippen molar-refractivity contribution in [1.82, 2.24) is 4.90 Å². The smallest absolute Gasteiger partial charge is 0.248 e. The molecule has 1 aliphatic heterocycles. The van der Waals surface area contributed by atoms with E-state index in [0.717, 1.165) is 38.5 Å². The molecule has 0 radical (unpaired) electrons. The number of aliphatic hydroxyl groups is 1. The van der Waals surface area contributed by atoms with Crippen LogP contribution in [0.25, 0.3) is 0 Å². The minimum absolute atomic E-state index is 0.135. The number of rotatable bonds is 5. The molecule has 1 aliphatic carbocycles. The van der Waals surface area contributed by atoms with E-state index in [1.165, 1.54) is 0 Å². The lowest BCUT2D eigenvalue weighted by Gasteiger charge is -2.36. The maximum Gasteiger partial charge on any atom is 0.248 e. The summed E-state index contributed by atoms with van der Waals surface area (Å²) in [6.45, 7) is 4.90. The van der Waals surface area contributed by atoms with Gasteiger partial charge in [-0.25, -0.2) is 0 Å². The molecule has 1 N–H and O–H groups in total. The fourth-order valence-electron chi connectivity index (χ4n) is 3.57. The lowest BCUT2D eigenvalue weighted by Crippen LogP contribution is -2.43. The van der Waals surface area contributed by atoms with Crippen molar-refractivity contribution in [2.75, 3.05) is 19.7 Å². The Morgan fingerprint density at radius 2 is 1.59 bits per heavy atom. The molecular weight excluding hydrogens is 282 g/mol. The van der Waals surface area contributed by atoms with Gasteiger partial charge in [0.15, 0.2) is 0 Å². The standard InChI is InChI=1S/C17H29NO4/c1-12(2)17(21)13-3-5-14(6-4-13)22-15-7-9-18(10-8-15)16(20)11-19/h12-15,19H,3-11H2,1-2H3. The Bertz CT molecular complexity index is 380. The second-order valence-corrected chi connectivity index (χ2v) is 6.91. The molecule has 1 heterocycles. The average molecular weight is 311 g/mol. The Morgan fingerprint density at radius 1 is 1.05 bits per heavy atom. The molecule has 0 aromatic rings. The fourth-order valence-corrected chi connectivity index (χ4v) is 3.57. The van der Waals surface area contributed by atoms with E-state index in [2.05, 4.69) is 0 Å². The van der Waals surface area contributed by atoms with Crippen molar-refractivity contribution in [2.45, 2.75) is 64.6 Å². The average Bonchev–Trinajstić information content (AvgIpc) is 2.54. The Labute approximate surface area is 133 Å². The number of carbonyl (C=O) groups excluding carboxylic acids is 2. The molecule has 1 saturated carbocycles. The van der Waals surface area contributed by atoms with E-state index in [0.29, 0.717) is 18.9 Å². The lowest BCUT2D eigenvalue weighted by atomic mass is 9.81. The quantitative estimate of drug-likeness (QED) is 0.840. The number of ether oxygens (including phenoxy) is 1. The predicted molar refractivity (Wildman–Crippen MR) is 83.4 cm³/mol. The maximum atomic E-state index is 12.0. The van der Waals surface area contributed by atoms with Crippen LogP contribution in [0.3, 0.4) is 0 Å². The Balaban J connectivity index is 1.69. The topological polar surface area (TPSA) is 66.8 Å². The molecule has 0 aromatic carbocycles. The van der Waals surface area contributed by atoms with Gasteiger partial charge in [0, 0.05) is 24.9 Å². The minimum Gasteiger partial charge on any atom is -0.387 e. The lowest BCUT2D eigenvalue weighted by molar-refractivity contribution is -0.138. The first-order valence-corrected chi connectivity index (χ1v) is 8.59. The van der Waals surface area contributed by atoms with Crippen LogP contribution in [0.1, 0.15) is 52.4 Å². The second kappa shape index (κ2) is 8.06. The molecular formula is C17H29NO4. The summed E-state index contributed by atoms with van der Waals surface area (Å²) < 4.78 is 6.17. The molecule has 5 heteroatoms. The maximum absolute atomic E-state index is 12.0. The van der Waals surface area contributed by atoms with Gasteiger partial charge in [0.1, 0.15) is 12.4 Å². The molecule has 5 nitrogen and oxygen atoms in total. The molecule has 2 rings (SSSR count). The van der Waals surface area contributed by atoms with Crippen molar-refractivity contribution < 1.29 is 19.4 Å². The van der Waals surface area contributed by atoms with Gasteiger partial charge in [-0.3, -0.25) is 9.59 Å². The molecule has 22 heavy (non-hydrogen) atoms. The number of amides is 1. The Morgan fingerprint density at radius 3 is 2.09 bits per heavy atom. The normalized spacial score (nSPS) is 27.2. The van der Waals surface area contributed by atoms with Crippen molar-refractivity contribution in [3.8, 4) is 0 Å². The fraction of sp³-hybridized carbons (Fsp3) is 0.882. The van der Waals surface area contributed by atoms with E-state index in [1.54, 1.807) is 4.90 Å². The van der Waals surface area contributed by atoms with Crippen molar-refractivity contribution in [3.05, 3.63) is 0 Å². The van der Waals surface area contributed by atoms with Gasteiger partial charge in [-0.2, -0.15) is 0 Å². The zero-order chi connectivity index (χ0) is 16.1. The highest BCUT2D eigenvalue weighted by molar-refractivity contribution is 5.82. The molecule has 2 fully saturated rings. The minimum atomic E-state index is -0.403. The summed E-state index contributed by atoms with van der Waals surface area (Å²) in [6, 6.07) is 0. The van der Waals surface area contributed by atoms with Gasteiger partial charge in [-0.15, -0.1) is 0 Å². The SMILES string of the molecule is CC(C)C(=O)C1CCC(OC2CCN(C(=O)CO)CC2)CC1. The molecule has 0 aromatic heterocycles. The van der Waals surface area contributed by atoms with Crippen molar-refractivity contribution in [2.24, 2.45) is 11.8 Å². The summed E-state index contributed by atoms with van der Waals surface area (Å²) >= 11 is 0. The van der Waals surface area contributed by atoms with Crippen LogP contribution in [0.15, 0.2) is 0 Å². The summed E-state index contributed by atoms with van der Waals surface area (Å²) in [5.74, 6) is 0.570. The highest BCUT2D eigenvalue weighted by Crippen LogP contribution is 2.30.